The minimum absolute atomic E-state index is 0.250. The number of benzene rings is 1. The topological polar surface area (TPSA) is 75.1 Å². The molecular weight excluding hydrogens is 358 g/mol. The number of carbonyl (C=O) groups is 1. The highest BCUT2D eigenvalue weighted by atomic mass is 32.1. The molecule has 1 aliphatic carbocycles. The van der Waals surface area contributed by atoms with E-state index in [4.69, 9.17) is 9.90 Å². The van der Waals surface area contributed by atoms with Crippen LogP contribution in [-0.2, 0) is 11.2 Å². The Morgan fingerprint density at radius 2 is 2.04 bits per heavy atom. The summed E-state index contributed by atoms with van der Waals surface area (Å²) in [4.78, 5) is 17.2. The number of nitrogens with one attached hydrogen (secondary N) is 1. The van der Waals surface area contributed by atoms with Gasteiger partial charge in [0, 0.05) is 17.0 Å². The molecule has 0 saturated heterocycles. The second-order valence-electron chi connectivity index (χ2n) is 6.33. The Balaban J connectivity index is 0.000000659. The van der Waals surface area contributed by atoms with Crippen molar-refractivity contribution in [2.75, 3.05) is 5.32 Å². The molecule has 2 heterocycles. The Labute approximate surface area is 162 Å². The maximum atomic E-state index is 8.36. The first kappa shape index (κ1) is 18.9. The third-order valence-corrected chi connectivity index (χ3v) is 5.29. The first-order chi connectivity index (χ1) is 13.2. The van der Waals surface area contributed by atoms with Crippen LogP contribution in [0, 0.1) is 18.8 Å². The van der Waals surface area contributed by atoms with Gasteiger partial charge in [-0.25, -0.2) is 9.97 Å². The van der Waals surface area contributed by atoms with Gasteiger partial charge in [0.05, 0.1) is 10.3 Å². The van der Waals surface area contributed by atoms with Crippen LogP contribution in [0.5, 0.6) is 0 Å². The van der Waals surface area contributed by atoms with Gasteiger partial charge in [-0.05, 0) is 43.4 Å². The highest BCUT2D eigenvalue weighted by Gasteiger charge is 2.22. The Morgan fingerprint density at radius 1 is 1.30 bits per heavy atom. The Kier molecular flexibility index (Phi) is 6.05. The fourth-order valence-electron chi connectivity index (χ4n) is 2.62. The van der Waals surface area contributed by atoms with E-state index in [2.05, 4.69) is 64.6 Å². The van der Waals surface area contributed by atoms with Crippen molar-refractivity contribution in [1.82, 2.24) is 9.97 Å². The van der Waals surface area contributed by atoms with Crippen molar-refractivity contribution in [1.29, 1.82) is 0 Å². The largest absolute Gasteiger partial charge is 0.483 e. The van der Waals surface area contributed by atoms with E-state index < -0.39 is 0 Å². The molecule has 27 heavy (non-hydrogen) atoms. The molecule has 0 unspecified atom stereocenters. The summed E-state index contributed by atoms with van der Waals surface area (Å²) in [6.45, 7) is 4.02. The van der Waals surface area contributed by atoms with E-state index in [0.29, 0.717) is 6.04 Å². The summed E-state index contributed by atoms with van der Waals surface area (Å²) in [5, 5.41) is 12.5. The molecule has 2 aromatic heterocycles. The minimum Gasteiger partial charge on any atom is -0.483 e. The maximum Gasteiger partial charge on any atom is 0.290 e. The number of carboxylic acid groups (broad SMARTS) is 1. The van der Waals surface area contributed by atoms with Crippen LogP contribution in [-0.4, -0.2) is 27.6 Å². The summed E-state index contributed by atoms with van der Waals surface area (Å²) in [7, 11) is 0. The Bertz CT molecular complexity index is 1010. The quantitative estimate of drug-likeness (QED) is 0.526. The highest BCUT2D eigenvalue weighted by Crippen LogP contribution is 2.32. The maximum absolute atomic E-state index is 8.36. The van der Waals surface area contributed by atoms with Crippen LogP contribution in [0.1, 0.15) is 42.0 Å². The number of hydrogen-bond acceptors (Lipinski definition) is 5. The van der Waals surface area contributed by atoms with E-state index in [1.165, 1.54) is 24.0 Å². The first-order valence-corrected chi connectivity index (χ1v) is 9.72. The smallest absolute Gasteiger partial charge is 0.290 e. The SMILES string of the molecule is CCc1ccc(C)c(C#Cc2csc3c(NC4CC4)ncnc23)c1.O=CO. The number of aromatic nitrogens is 2. The van der Waals surface area contributed by atoms with Crippen molar-refractivity contribution in [3.05, 3.63) is 52.2 Å². The van der Waals surface area contributed by atoms with Crippen molar-refractivity contribution in [2.45, 2.75) is 39.2 Å². The minimum atomic E-state index is -0.250. The molecule has 0 atom stereocenters. The molecular formula is C21H21N3O2S. The van der Waals surface area contributed by atoms with Crippen LogP contribution in [0.25, 0.3) is 10.2 Å². The second kappa shape index (κ2) is 8.65. The van der Waals surface area contributed by atoms with E-state index in [0.717, 1.165) is 33.6 Å². The summed E-state index contributed by atoms with van der Waals surface area (Å²) in [6, 6.07) is 7.09. The summed E-state index contributed by atoms with van der Waals surface area (Å²) >= 11 is 1.67. The molecule has 1 saturated carbocycles. The van der Waals surface area contributed by atoms with Crippen LogP contribution in [0.4, 0.5) is 5.82 Å². The van der Waals surface area contributed by atoms with Gasteiger partial charge in [0.15, 0.2) is 0 Å². The van der Waals surface area contributed by atoms with Crippen molar-refractivity contribution in [2.24, 2.45) is 0 Å². The van der Waals surface area contributed by atoms with Gasteiger partial charge in [0.1, 0.15) is 17.7 Å². The van der Waals surface area contributed by atoms with Gasteiger partial charge in [-0.1, -0.05) is 30.9 Å². The summed E-state index contributed by atoms with van der Waals surface area (Å²) in [5.74, 6) is 7.59. The number of hydrogen-bond donors (Lipinski definition) is 2. The molecule has 0 bridgehead atoms. The molecule has 2 N–H and O–H groups in total. The lowest BCUT2D eigenvalue weighted by Crippen LogP contribution is -2.03. The molecule has 3 aromatic rings. The predicted octanol–water partition coefficient (Wildman–Crippen LogP) is 4.24. The lowest BCUT2D eigenvalue weighted by atomic mass is 10.0. The zero-order valence-electron chi connectivity index (χ0n) is 15.3. The van der Waals surface area contributed by atoms with Crippen LogP contribution >= 0.6 is 11.3 Å². The number of rotatable bonds is 3. The zero-order chi connectivity index (χ0) is 19.2. The van der Waals surface area contributed by atoms with E-state index in [-0.39, 0.29) is 6.47 Å². The molecule has 138 valence electrons. The van der Waals surface area contributed by atoms with Crippen molar-refractivity contribution in [3.63, 3.8) is 0 Å². The van der Waals surface area contributed by atoms with Gasteiger partial charge in [0.2, 0.25) is 0 Å². The van der Waals surface area contributed by atoms with Gasteiger partial charge in [-0.3, -0.25) is 4.79 Å². The third kappa shape index (κ3) is 4.63. The van der Waals surface area contributed by atoms with Crippen molar-refractivity contribution in [3.8, 4) is 11.8 Å². The summed E-state index contributed by atoms with van der Waals surface area (Å²) in [5.41, 5.74) is 5.56. The molecule has 1 aromatic carbocycles. The Morgan fingerprint density at radius 3 is 2.74 bits per heavy atom. The van der Waals surface area contributed by atoms with E-state index in [1.807, 2.05) is 0 Å². The standard InChI is InChI=1S/C20H19N3S.CH2O2/c1-3-14-5-4-13(2)15(10-14)6-7-16-11-24-19-18(16)21-12-22-20(19)23-17-8-9-17;2-1-3/h4-5,10-12,17H,3,8-9H2,1-2H3,(H,21,22,23);1H,(H,2,3). The number of anilines is 1. The molecule has 5 nitrogen and oxygen atoms in total. The predicted molar refractivity (Wildman–Crippen MR) is 109 cm³/mol. The number of fused-ring (bicyclic) bond motifs is 1. The average Bonchev–Trinajstić information content (AvgIpc) is 3.39. The molecule has 1 aliphatic rings. The number of aryl methyl sites for hydroxylation is 2. The monoisotopic (exact) mass is 379 g/mol. The first-order valence-electron chi connectivity index (χ1n) is 8.84. The zero-order valence-corrected chi connectivity index (χ0v) is 16.1. The van der Waals surface area contributed by atoms with E-state index in [9.17, 15) is 0 Å². The molecule has 0 aliphatic heterocycles. The highest BCUT2D eigenvalue weighted by molar-refractivity contribution is 7.18. The van der Waals surface area contributed by atoms with Gasteiger partial charge in [-0.2, -0.15) is 0 Å². The molecule has 6 heteroatoms. The number of nitrogens with zero attached hydrogens (tertiary/aromatic N) is 2. The average molecular weight is 379 g/mol. The van der Waals surface area contributed by atoms with Gasteiger partial charge in [-0.15, -0.1) is 11.3 Å². The lowest BCUT2D eigenvalue weighted by molar-refractivity contribution is -0.122. The van der Waals surface area contributed by atoms with Gasteiger partial charge < -0.3 is 10.4 Å². The third-order valence-electron chi connectivity index (χ3n) is 4.31. The lowest BCUT2D eigenvalue weighted by Gasteiger charge is -2.03. The second-order valence-corrected chi connectivity index (χ2v) is 7.21. The molecule has 1 fully saturated rings. The molecule has 0 amide bonds. The van der Waals surface area contributed by atoms with E-state index >= 15 is 0 Å². The van der Waals surface area contributed by atoms with Crippen LogP contribution in [0.3, 0.4) is 0 Å². The van der Waals surface area contributed by atoms with Crippen LogP contribution in [0.15, 0.2) is 29.9 Å². The summed E-state index contributed by atoms with van der Waals surface area (Å²) < 4.78 is 1.10. The van der Waals surface area contributed by atoms with E-state index in [1.54, 1.807) is 17.7 Å². The van der Waals surface area contributed by atoms with Crippen molar-refractivity contribution < 1.29 is 9.90 Å². The summed E-state index contributed by atoms with van der Waals surface area (Å²) in [6.07, 6.45) is 5.13. The number of thiophene rings is 1. The van der Waals surface area contributed by atoms with Gasteiger partial charge >= 0.3 is 0 Å². The van der Waals surface area contributed by atoms with Crippen LogP contribution in [0.2, 0.25) is 0 Å². The van der Waals surface area contributed by atoms with Crippen LogP contribution < -0.4 is 5.32 Å². The molecule has 4 rings (SSSR count). The fraction of sp³-hybridized carbons (Fsp3) is 0.286. The normalized spacial score (nSPS) is 12.5. The molecule has 0 spiro atoms. The Hall–Kier alpha value is -2.91. The van der Waals surface area contributed by atoms with Gasteiger partial charge in [0.25, 0.3) is 6.47 Å². The van der Waals surface area contributed by atoms with Crippen molar-refractivity contribution >= 4 is 33.8 Å². The molecule has 0 radical (unpaired) electrons. The fourth-order valence-corrected chi connectivity index (χ4v) is 3.53.